The molecule has 62 valence electrons. The third-order valence-electron chi connectivity index (χ3n) is 1.38. The van der Waals surface area contributed by atoms with E-state index in [0.717, 1.165) is 11.3 Å². The first-order valence-corrected chi connectivity index (χ1v) is 4.19. The average Bonchev–Trinajstić information content (AvgIpc) is 2.15. The molecule has 0 radical (unpaired) electrons. The minimum atomic E-state index is 0.0933. The van der Waals surface area contributed by atoms with E-state index in [1.54, 1.807) is 0 Å². The SMILES string of the molecule is N#CCOc1cccc(CS)c1. The van der Waals surface area contributed by atoms with Gasteiger partial charge in [-0.15, -0.1) is 0 Å². The lowest BCUT2D eigenvalue weighted by molar-refractivity contribution is 0.368. The van der Waals surface area contributed by atoms with Gasteiger partial charge in [0, 0.05) is 5.75 Å². The second-order valence-electron chi connectivity index (χ2n) is 2.25. The number of hydrogen-bond acceptors (Lipinski definition) is 3. The smallest absolute Gasteiger partial charge is 0.174 e. The van der Waals surface area contributed by atoms with Crippen LogP contribution in [0.2, 0.25) is 0 Å². The Morgan fingerprint density at radius 1 is 1.50 bits per heavy atom. The number of hydrogen-bond donors (Lipinski definition) is 1. The number of rotatable bonds is 3. The molecule has 0 fully saturated rings. The van der Waals surface area contributed by atoms with E-state index in [-0.39, 0.29) is 6.61 Å². The van der Waals surface area contributed by atoms with Gasteiger partial charge in [-0.2, -0.15) is 17.9 Å². The van der Waals surface area contributed by atoms with Crippen LogP contribution >= 0.6 is 12.6 Å². The largest absolute Gasteiger partial charge is 0.479 e. The summed E-state index contributed by atoms with van der Waals surface area (Å²) in [6.07, 6.45) is 0. The Balaban J connectivity index is 2.67. The van der Waals surface area contributed by atoms with E-state index in [9.17, 15) is 0 Å². The predicted octanol–water partition coefficient (Wildman–Crippen LogP) is 2.02. The van der Waals surface area contributed by atoms with Gasteiger partial charge in [-0.05, 0) is 17.7 Å². The fourth-order valence-corrected chi connectivity index (χ4v) is 1.05. The summed E-state index contributed by atoms with van der Waals surface area (Å²) < 4.78 is 5.10. The molecule has 0 aliphatic rings. The summed E-state index contributed by atoms with van der Waals surface area (Å²) in [5, 5.41) is 8.26. The molecule has 2 nitrogen and oxygen atoms in total. The fraction of sp³-hybridized carbons (Fsp3) is 0.222. The lowest BCUT2D eigenvalue weighted by Crippen LogP contribution is -1.93. The zero-order valence-electron chi connectivity index (χ0n) is 6.53. The van der Waals surface area contributed by atoms with Crippen LogP contribution in [0.1, 0.15) is 5.56 Å². The zero-order valence-corrected chi connectivity index (χ0v) is 7.42. The summed E-state index contributed by atoms with van der Waals surface area (Å²) in [5.41, 5.74) is 1.09. The second-order valence-corrected chi connectivity index (χ2v) is 2.57. The Morgan fingerprint density at radius 3 is 3.00 bits per heavy atom. The predicted molar refractivity (Wildman–Crippen MR) is 50.2 cm³/mol. The highest BCUT2D eigenvalue weighted by Gasteiger charge is 1.93. The molecular formula is C9H9NOS. The summed E-state index contributed by atoms with van der Waals surface area (Å²) >= 11 is 4.13. The van der Waals surface area contributed by atoms with Gasteiger partial charge in [0.15, 0.2) is 6.61 Å². The topological polar surface area (TPSA) is 33.0 Å². The minimum absolute atomic E-state index is 0.0933. The Kier molecular flexibility index (Phi) is 3.49. The van der Waals surface area contributed by atoms with Gasteiger partial charge < -0.3 is 4.74 Å². The quantitative estimate of drug-likeness (QED) is 0.720. The molecule has 0 amide bonds. The molecule has 0 aliphatic heterocycles. The van der Waals surface area contributed by atoms with Crippen LogP contribution in [0.5, 0.6) is 5.75 Å². The van der Waals surface area contributed by atoms with Crippen LogP contribution in [-0.2, 0) is 5.75 Å². The lowest BCUT2D eigenvalue weighted by Gasteiger charge is -2.02. The van der Waals surface area contributed by atoms with Crippen molar-refractivity contribution in [2.45, 2.75) is 5.75 Å². The molecule has 0 saturated carbocycles. The Morgan fingerprint density at radius 2 is 2.33 bits per heavy atom. The molecule has 0 heterocycles. The van der Waals surface area contributed by atoms with E-state index in [0.29, 0.717) is 5.75 Å². The number of nitrogens with zero attached hydrogens (tertiary/aromatic N) is 1. The first kappa shape index (κ1) is 8.95. The van der Waals surface area contributed by atoms with Crippen LogP contribution in [0.3, 0.4) is 0 Å². The van der Waals surface area contributed by atoms with Crippen LogP contribution in [0.25, 0.3) is 0 Å². The molecule has 12 heavy (non-hydrogen) atoms. The van der Waals surface area contributed by atoms with Crippen LogP contribution in [-0.4, -0.2) is 6.61 Å². The molecule has 0 aromatic heterocycles. The second kappa shape index (κ2) is 4.68. The third-order valence-corrected chi connectivity index (χ3v) is 1.75. The lowest BCUT2D eigenvalue weighted by atomic mass is 10.2. The normalized spacial score (nSPS) is 9.00. The van der Waals surface area contributed by atoms with E-state index in [4.69, 9.17) is 10.00 Å². The molecule has 0 spiro atoms. The number of nitriles is 1. The van der Waals surface area contributed by atoms with E-state index in [1.165, 1.54) is 0 Å². The maximum absolute atomic E-state index is 8.26. The van der Waals surface area contributed by atoms with E-state index >= 15 is 0 Å². The molecule has 0 unspecified atom stereocenters. The molecule has 0 aliphatic carbocycles. The van der Waals surface area contributed by atoms with Gasteiger partial charge in [-0.1, -0.05) is 12.1 Å². The zero-order chi connectivity index (χ0) is 8.81. The Bertz CT molecular complexity index is 293. The van der Waals surface area contributed by atoms with Gasteiger partial charge in [-0.3, -0.25) is 0 Å². The highest BCUT2D eigenvalue weighted by molar-refractivity contribution is 7.79. The van der Waals surface area contributed by atoms with Crippen molar-refractivity contribution in [1.29, 1.82) is 5.26 Å². The van der Waals surface area contributed by atoms with Crippen molar-refractivity contribution in [3.05, 3.63) is 29.8 Å². The van der Waals surface area contributed by atoms with Gasteiger partial charge in [0.1, 0.15) is 11.8 Å². The first-order chi connectivity index (χ1) is 5.86. The summed E-state index contributed by atoms with van der Waals surface area (Å²) in [4.78, 5) is 0. The van der Waals surface area contributed by atoms with Gasteiger partial charge in [0.2, 0.25) is 0 Å². The van der Waals surface area contributed by atoms with Crippen LogP contribution in [0, 0.1) is 11.3 Å². The molecule has 0 atom stereocenters. The number of benzene rings is 1. The molecule has 1 aromatic rings. The van der Waals surface area contributed by atoms with Gasteiger partial charge in [0.05, 0.1) is 0 Å². The highest BCUT2D eigenvalue weighted by Crippen LogP contribution is 2.14. The maximum Gasteiger partial charge on any atom is 0.174 e. The Labute approximate surface area is 77.2 Å². The Hall–Kier alpha value is -1.14. The van der Waals surface area contributed by atoms with Crippen molar-refractivity contribution in [3.8, 4) is 11.8 Å². The summed E-state index contributed by atoms with van der Waals surface area (Å²) in [6, 6.07) is 9.47. The third kappa shape index (κ3) is 2.48. The van der Waals surface area contributed by atoms with Gasteiger partial charge in [-0.25, -0.2) is 0 Å². The molecule has 0 bridgehead atoms. The van der Waals surface area contributed by atoms with Gasteiger partial charge in [0.25, 0.3) is 0 Å². The standard InChI is InChI=1S/C9H9NOS/c10-4-5-11-9-3-1-2-8(6-9)7-12/h1-3,6,12H,5,7H2. The molecule has 1 aromatic carbocycles. The molecule has 1 rings (SSSR count). The van der Waals surface area contributed by atoms with Crippen LogP contribution in [0.15, 0.2) is 24.3 Å². The number of ether oxygens (including phenoxy) is 1. The van der Waals surface area contributed by atoms with Gasteiger partial charge >= 0.3 is 0 Å². The van der Waals surface area contributed by atoms with Crippen molar-refractivity contribution >= 4 is 12.6 Å². The molecular weight excluding hydrogens is 170 g/mol. The number of thiol groups is 1. The van der Waals surface area contributed by atoms with Crippen molar-refractivity contribution in [2.24, 2.45) is 0 Å². The molecule has 0 N–H and O–H groups in total. The van der Waals surface area contributed by atoms with Crippen molar-refractivity contribution in [3.63, 3.8) is 0 Å². The van der Waals surface area contributed by atoms with E-state index < -0.39 is 0 Å². The van der Waals surface area contributed by atoms with Crippen LogP contribution in [0.4, 0.5) is 0 Å². The summed E-state index contributed by atoms with van der Waals surface area (Å²) in [6.45, 7) is 0.0933. The molecule has 0 saturated heterocycles. The summed E-state index contributed by atoms with van der Waals surface area (Å²) in [7, 11) is 0. The van der Waals surface area contributed by atoms with E-state index in [2.05, 4.69) is 12.6 Å². The minimum Gasteiger partial charge on any atom is -0.479 e. The monoisotopic (exact) mass is 179 g/mol. The van der Waals surface area contributed by atoms with E-state index in [1.807, 2.05) is 30.3 Å². The summed E-state index contributed by atoms with van der Waals surface area (Å²) in [5.74, 6) is 1.41. The fourth-order valence-electron chi connectivity index (χ4n) is 0.849. The van der Waals surface area contributed by atoms with Crippen molar-refractivity contribution in [1.82, 2.24) is 0 Å². The first-order valence-electron chi connectivity index (χ1n) is 3.56. The van der Waals surface area contributed by atoms with Crippen LogP contribution < -0.4 is 4.74 Å². The van der Waals surface area contributed by atoms with Crippen molar-refractivity contribution in [2.75, 3.05) is 6.61 Å². The molecule has 3 heteroatoms. The maximum atomic E-state index is 8.26. The highest BCUT2D eigenvalue weighted by atomic mass is 32.1. The van der Waals surface area contributed by atoms with Crippen molar-refractivity contribution < 1.29 is 4.74 Å². The average molecular weight is 179 g/mol.